The van der Waals surface area contributed by atoms with Crippen molar-refractivity contribution in [3.8, 4) is 11.5 Å². The second kappa shape index (κ2) is 6.36. The Balaban J connectivity index is 1.95. The molecule has 0 aromatic heterocycles. The lowest BCUT2D eigenvalue weighted by atomic mass is 10.2. The van der Waals surface area contributed by atoms with Crippen LogP contribution in [0.4, 0.5) is 4.79 Å². The molecule has 0 fully saturated rings. The molecule has 0 radical (unpaired) electrons. The zero-order chi connectivity index (χ0) is 13.7. The van der Waals surface area contributed by atoms with Gasteiger partial charge in [0.1, 0.15) is 11.5 Å². The fraction of sp³-hybridized carbons (Fsp3) is 0.0714. The minimum atomic E-state index is -0.760. The molecular weight excluding hydrogens is 310 g/mol. The van der Waals surface area contributed by atoms with Gasteiger partial charge in [0.05, 0.1) is 6.54 Å². The summed E-state index contributed by atoms with van der Waals surface area (Å²) in [4.78, 5) is 11.6. The molecular formula is C14H13BrNO3+. The largest absolute Gasteiger partial charge is 0.519 e. The van der Waals surface area contributed by atoms with Gasteiger partial charge in [-0.2, -0.15) is 0 Å². The molecule has 0 saturated heterocycles. The summed E-state index contributed by atoms with van der Waals surface area (Å²) in [6.07, 6.45) is -0.760. The molecule has 0 saturated carbocycles. The van der Waals surface area contributed by atoms with Crippen LogP contribution in [0.3, 0.4) is 0 Å². The lowest BCUT2D eigenvalue weighted by molar-refractivity contribution is -0.386. The zero-order valence-electron chi connectivity index (χ0n) is 10.1. The minimum absolute atomic E-state index is 0.433. The minimum Gasteiger partial charge on any atom is -0.395 e. The second-order valence-corrected chi connectivity index (χ2v) is 4.72. The van der Waals surface area contributed by atoms with Crippen molar-refractivity contribution in [3.63, 3.8) is 0 Å². The molecule has 0 aliphatic carbocycles. The van der Waals surface area contributed by atoms with E-state index in [9.17, 15) is 4.79 Å². The molecule has 0 amide bonds. The summed E-state index contributed by atoms with van der Waals surface area (Å²) in [5.41, 5.74) is 4.85. The van der Waals surface area contributed by atoms with Crippen LogP contribution in [0.25, 0.3) is 0 Å². The molecule has 3 N–H and O–H groups in total. The quantitative estimate of drug-likeness (QED) is 0.698. The van der Waals surface area contributed by atoms with Crippen LogP contribution in [0.5, 0.6) is 11.5 Å². The summed E-state index contributed by atoms with van der Waals surface area (Å²) in [6.45, 7) is 0.698. The Morgan fingerprint density at radius 1 is 0.947 bits per heavy atom. The normalized spacial score (nSPS) is 10.0. The maximum atomic E-state index is 11.6. The van der Waals surface area contributed by atoms with Gasteiger partial charge in [0.2, 0.25) is 0 Å². The first kappa shape index (κ1) is 13.6. The Hall–Kier alpha value is -1.85. The van der Waals surface area contributed by atoms with Crippen LogP contribution in [0.15, 0.2) is 53.0 Å². The molecule has 2 aromatic rings. The number of rotatable bonds is 3. The van der Waals surface area contributed by atoms with Crippen LogP contribution >= 0.6 is 15.9 Å². The van der Waals surface area contributed by atoms with Gasteiger partial charge in [-0.1, -0.05) is 15.9 Å². The third kappa shape index (κ3) is 4.08. The maximum Gasteiger partial charge on any atom is 0.519 e. The first-order valence-corrected chi connectivity index (χ1v) is 6.50. The number of carbonyl (C=O) groups is 1. The van der Waals surface area contributed by atoms with Crippen LogP contribution in [-0.4, -0.2) is 6.16 Å². The highest BCUT2D eigenvalue weighted by molar-refractivity contribution is 9.10. The maximum absolute atomic E-state index is 11.6. The fourth-order valence-electron chi connectivity index (χ4n) is 1.44. The summed E-state index contributed by atoms with van der Waals surface area (Å²) < 4.78 is 11.0. The average Bonchev–Trinajstić information content (AvgIpc) is 2.42. The molecule has 0 bridgehead atoms. The Morgan fingerprint density at radius 3 is 1.89 bits per heavy atom. The van der Waals surface area contributed by atoms with Crippen LogP contribution in [-0.2, 0) is 6.54 Å². The lowest BCUT2D eigenvalue weighted by Crippen LogP contribution is -2.47. The number of ether oxygens (including phenoxy) is 2. The van der Waals surface area contributed by atoms with E-state index in [1.165, 1.54) is 0 Å². The molecule has 0 aliphatic heterocycles. The first-order valence-electron chi connectivity index (χ1n) is 5.71. The molecule has 0 spiro atoms. The molecule has 5 heteroatoms. The zero-order valence-corrected chi connectivity index (χ0v) is 11.7. The Labute approximate surface area is 119 Å². The summed E-state index contributed by atoms with van der Waals surface area (Å²) in [6, 6.07) is 14.1. The van der Waals surface area contributed by atoms with E-state index in [0.717, 1.165) is 10.0 Å². The van der Waals surface area contributed by atoms with Crippen molar-refractivity contribution in [1.82, 2.24) is 0 Å². The monoisotopic (exact) mass is 322 g/mol. The van der Waals surface area contributed by atoms with Crippen LogP contribution < -0.4 is 15.2 Å². The van der Waals surface area contributed by atoms with Crippen molar-refractivity contribution in [2.24, 2.45) is 0 Å². The van der Waals surface area contributed by atoms with Gasteiger partial charge in [-0.25, -0.2) is 4.79 Å². The highest BCUT2D eigenvalue weighted by Gasteiger charge is 2.07. The van der Waals surface area contributed by atoms with E-state index < -0.39 is 6.16 Å². The van der Waals surface area contributed by atoms with Crippen molar-refractivity contribution in [3.05, 3.63) is 58.6 Å². The van der Waals surface area contributed by atoms with Gasteiger partial charge in [0.25, 0.3) is 0 Å². The third-order valence-corrected chi connectivity index (χ3v) is 2.96. The molecule has 4 nitrogen and oxygen atoms in total. The van der Waals surface area contributed by atoms with E-state index >= 15 is 0 Å². The number of hydrogen-bond donors (Lipinski definition) is 1. The molecule has 0 heterocycles. The highest BCUT2D eigenvalue weighted by atomic mass is 79.9. The average molecular weight is 323 g/mol. The summed E-state index contributed by atoms with van der Waals surface area (Å²) in [7, 11) is 0. The van der Waals surface area contributed by atoms with Gasteiger partial charge in [-0.05, 0) is 48.5 Å². The van der Waals surface area contributed by atoms with Gasteiger partial charge >= 0.3 is 6.16 Å². The van der Waals surface area contributed by atoms with E-state index in [-0.39, 0.29) is 0 Å². The van der Waals surface area contributed by atoms with Gasteiger partial charge in [-0.3, -0.25) is 0 Å². The van der Waals surface area contributed by atoms with Crippen LogP contribution in [0.2, 0.25) is 0 Å². The Bertz CT molecular complexity index is 552. The Kier molecular flexibility index (Phi) is 4.54. The standard InChI is InChI=1S/C14H12BrNO3/c15-11-3-7-13(8-4-11)19-14(17)18-12-5-1-10(9-16)2-6-12/h1-8H,9,16H2/p+1. The van der Waals surface area contributed by atoms with Crippen molar-refractivity contribution >= 4 is 22.1 Å². The van der Waals surface area contributed by atoms with Gasteiger partial charge < -0.3 is 15.2 Å². The predicted molar refractivity (Wildman–Crippen MR) is 73.8 cm³/mol. The van der Waals surface area contributed by atoms with E-state index in [4.69, 9.17) is 9.47 Å². The Morgan fingerprint density at radius 2 is 1.42 bits per heavy atom. The van der Waals surface area contributed by atoms with E-state index in [1.807, 2.05) is 12.1 Å². The molecule has 0 aliphatic rings. The molecule has 0 unspecified atom stereocenters. The molecule has 2 rings (SSSR count). The first-order chi connectivity index (χ1) is 9.17. The van der Waals surface area contributed by atoms with E-state index in [1.54, 1.807) is 36.4 Å². The van der Waals surface area contributed by atoms with Crippen molar-refractivity contribution in [2.45, 2.75) is 6.54 Å². The summed E-state index contributed by atoms with van der Waals surface area (Å²) in [5, 5.41) is 0. The van der Waals surface area contributed by atoms with Crippen LogP contribution in [0.1, 0.15) is 5.56 Å². The SMILES string of the molecule is [NH3+]Cc1ccc(OC(=O)Oc2ccc(Br)cc2)cc1. The van der Waals surface area contributed by atoms with Gasteiger partial charge in [-0.15, -0.1) is 0 Å². The summed E-state index contributed by atoms with van der Waals surface area (Å²) >= 11 is 3.30. The molecule has 0 atom stereocenters. The number of benzene rings is 2. The number of quaternary nitrogens is 1. The molecule has 2 aromatic carbocycles. The number of halogens is 1. The number of carbonyl (C=O) groups excluding carboxylic acids is 1. The number of hydrogen-bond acceptors (Lipinski definition) is 3. The highest BCUT2D eigenvalue weighted by Crippen LogP contribution is 2.18. The van der Waals surface area contributed by atoms with Crippen LogP contribution in [0, 0.1) is 0 Å². The summed E-state index contributed by atoms with van der Waals surface area (Å²) in [5.74, 6) is 0.877. The smallest absolute Gasteiger partial charge is 0.395 e. The van der Waals surface area contributed by atoms with Crippen molar-refractivity contribution < 1.29 is 20.0 Å². The second-order valence-electron chi connectivity index (χ2n) is 3.80. The molecule has 98 valence electrons. The van der Waals surface area contributed by atoms with E-state index in [0.29, 0.717) is 18.0 Å². The topological polar surface area (TPSA) is 63.2 Å². The fourth-order valence-corrected chi connectivity index (χ4v) is 1.70. The lowest BCUT2D eigenvalue weighted by Gasteiger charge is -2.05. The van der Waals surface area contributed by atoms with Gasteiger partial charge in [0.15, 0.2) is 0 Å². The van der Waals surface area contributed by atoms with Gasteiger partial charge in [0, 0.05) is 10.0 Å². The van der Waals surface area contributed by atoms with Crippen molar-refractivity contribution in [2.75, 3.05) is 0 Å². The molecule has 19 heavy (non-hydrogen) atoms. The van der Waals surface area contributed by atoms with Crippen molar-refractivity contribution in [1.29, 1.82) is 0 Å². The third-order valence-electron chi connectivity index (χ3n) is 2.43. The van der Waals surface area contributed by atoms with E-state index in [2.05, 4.69) is 21.7 Å². The predicted octanol–water partition coefficient (Wildman–Crippen LogP) is 2.77.